The fraction of sp³-hybridized carbons (Fsp3) is 0.312. The van der Waals surface area contributed by atoms with Gasteiger partial charge in [0.05, 0.1) is 24.6 Å². The summed E-state index contributed by atoms with van der Waals surface area (Å²) < 4.78 is 53.2. The van der Waals surface area contributed by atoms with Crippen LogP contribution in [0.1, 0.15) is 36.3 Å². The van der Waals surface area contributed by atoms with Crippen LogP contribution in [0.5, 0.6) is 5.75 Å². The normalized spacial score (nSPS) is 16.0. The average molecular weight is 652 g/mol. The summed E-state index contributed by atoms with van der Waals surface area (Å²) in [5.41, 5.74) is 2.01. The first-order chi connectivity index (χ1) is 22.0. The number of ether oxygens (including phenoxy) is 1. The summed E-state index contributed by atoms with van der Waals surface area (Å²) in [5.74, 6) is -0.988. The Morgan fingerprint density at radius 1 is 1.13 bits per heavy atom. The molecule has 0 saturated carbocycles. The van der Waals surface area contributed by atoms with E-state index in [4.69, 9.17) is 9.26 Å². The largest absolute Gasteiger partial charge is 0.483 e. The number of likely N-dealkylation sites (tertiary alicyclic amines) is 1. The van der Waals surface area contributed by atoms with Gasteiger partial charge in [0.15, 0.2) is 17.9 Å². The molecule has 4 aromatic rings. The van der Waals surface area contributed by atoms with Crippen molar-refractivity contribution in [1.82, 2.24) is 24.4 Å². The molecule has 1 amide bonds. The third-order valence-electron chi connectivity index (χ3n) is 7.61. The quantitative estimate of drug-likeness (QED) is 0.143. The van der Waals surface area contributed by atoms with Crippen molar-refractivity contribution in [3.8, 4) is 16.9 Å². The predicted octanol–water partition coefficient (Wildman–Crippen LogP) is 5.54. The van der Waals surface area contributed by atoms with Gasteiger partial charge in [0.25, 0.3) is 6.08 Å². The molecule has 11 nitrogen and oxygen atoms in total. The van der Waals surface area contributed by atoms with Gasteiger partial charge in [-0.15, -0.1) is 0 Å². The van der Waals surface area contributed by atoms with Crippen molar-refractivity contribution >= 4 is 35.7 Å². The zero-order valence-corrected chi connectivity index (χ0v) is 26.4. The lowest BCUT2D eigenvalue weighted by Crippen LogP contribution is -2.42. The van der Waals surface area contributed by atoms with Gasteiger partial charge in [0.1, 0.15) is 18.6 Å². The summed E-state index contributed by atoms with van der Waals surface area (Å²) in [5, 5.41) is 0.496. The van der Waals surface area contributed by atoms with Crippen molar-refractivity contribution < 1.29 is 37.0 Å². The number of carbonyl (C=O) groups excluding carboxylic acids is 3. The summed E-state index contributed by atoms with van der Waals surface area (Å²) in [4.78, 5) is 53.2. The minimum absolute atomic E-state index is 0.118. The first-order valence-corrected chi connectivity index (χ1v) is 16.7. The average Bonchev–Trinajstić information content (AvgIpc) is 3.63. The maximum atomic E-state index is 13.8. The number of carbonyl (C=O) groups is 3. The molecule has 5 rings (SSSR count). The van der Waals surface area contributed by atoms with Crippen molar-refractivity contribution in [2.24, 2.45) is 0 Å². The molecule has 0 spiro atoms. The number of fused-ring (bicyclic) bond motifs is 1. The van der Waals surface area contributed by atoms with Crippen molar-refractivity contribution in [1.29, 1.82) is 0 Å². The van der Waals surface area contributed by atoms with Gasteiger partial charge < -0.3 is 18.7 Å². The topological polar surface area (TPSA) is 134 Å². The number of benzene rings is 1. The summed E-state index contributed by atoms with van der Waals surface area (Å²) in [6.45, 7) is 4.05. The van der Waals surface area contributed by atoms with E-state index in [-0.39, 0.29) is 49.4 Å². The maximum absolute atomic E-state index is 13.8. The van der Waals surface area contributed by atoms with E-state index in [9.17, 15) is 27.7 Å². The Kier molecular flexibility index (Phi) is 9.83. The van der Waals surface area contributed by atoms with Crippen molar-refractivity contribution in [3.05, 3.63) is 84.4 Å². The second kappa shape index (κ2) is 13.8. The summed E-state index contributed by atoms with van der Waals surface area (Å²) >= 11 is 0. The van der Waals surface area contributed by atoms with Gasteiger partial charge in [-0.25, -0.2) is 9.97 Å². The summed E-state index contributed by atoms with van der Waals surface area (Å²) in [6.07, 6.45) is 4.97. The van der Waals surface area contributed by atoms with Gasteiger partial charge in [-0.2, -0.15) is 8.78 Å². The monoisotopic (exact) mass is 651 g/mol. The molecular weight excluding hydrogens is 619 g/mol. The van der Waals surface area contributed by atoms with E-state index >= 15 is 0 Å². The number of Topliss-reactive ketones (excluding diaryl/α,β-unsaturated/α-hetero) is 2. The highest BCUT2D eigenvalue weighted by atomic mass is 31.2. The van der Waals surface area contributed by atoms with Crippen LogP contribution >= 0.6 is 7.37 Å². The Balaban J connectivity index is 1.53. The van der Waals surface area contributed by atoms with Crippen LogP contribution in [0.2, 0.25) is 0 Å². The smallest absolute Gasteiger partial charge is 0.271 e. The number of halogens is 2. The first kappa shape index (κ1) is 32.8. The molecule has 4 heterocycles. The number of amides is 1. The maximum Gasteiger partial charge on any atom is 0.271 e. The molecule has 1 unspecified atom stereocenters. The van der Waals surface area contributed by atoms with Crippen LogP contribution in [0.3, 0.4) is 0 Å². The van der Waals surface area contributed by atoms with Crippen LogP contribution < -0.4 is 4.74 Å². The van der Waals surface area contributed by atoms with E-state index in [1.165, 1.54) is 36.9 Å². The highest BCUT2D eigenvalue weighted by Crippen LogP contribution is 2.44. The van der Waals surface area contributed by atoms with Gasteiger partial charge in [-0.1, -0.05) is 6.07 Å². The number of hydrogen-bond donors (Lipinski definition) is 0. The van der Waals surface area contributed by atoms with Gasteiger partial charge >= 0.3 is 0 Å². The molecule has 0 aliphatic carbocycles. The van der Waals surface area contributed by atoms with Crippen molar-refractivity contribution in [2.45, 2.75) is 39.3 Å². The molecule has 46 heavy (non-hydrogen) atoms. The third-order valence-corrected chi connectivity index (χ3v) is 9.02. The van der Waals surface area contributed by atoms with Gasteiger partial charge in [-0.05, 0) is 32.0 Å². The van der Waals surface area contributed by atoms with Crippen LogP contribution in [0.15, 0.2) is 73.1 Å². The van der Waals surface area contributed by atoms with Crippen LogP contribution in [0.25, 0.3) is 22.0 Å². The fourth-order valence-electron chi connectivity index (χ4n) is 5.46. The Morgan fingerprint density at radius 2 is 1.89 bits per heavy atom. The van der Waals surface area contributed by atoms with Crippen molar-refractivity contribution in [3.63, 3.8) is 0 Å². The number of nitrogens with zero attached hydrogens (tertiary/aromatic N) is 5. The molecule has 2 atom stereocenters. The minimum atomic E-state index is -3.12. The Bertz CT molecular complexity index is 1860. The predicted molar refractivity (Wildman–Crippen MR) is 166 cm³/mol. The lowest BCUT2D eigenvalue weighted by Gasteiger charge is -2.24. The van der Waals surface area contributed by atoms with E-state index in [2.05, 4.69) is 15.0 Å². The molecule has 0 N–H and O–H groups in total. The molecule has 0 radical (unpaired) electrons. The Morgan fingerprint density at radius 3 is 2.54 bits per heavy atom. The molecule has 1 fully saturated rings. The van der Waals surface area contributed by atoms with Crippen LogP contribution in [0.4, 0.5) is 8.78 Å². The van der Waals surface area contributed by atoms with E-state index < -0.39 is 37.7 Å². The van der Waals surface area contributed by atoms with E-state index in [1.54, 1.807) is 49.6 Å². The lowest BCUT2D eigenvalue weighted by atomic mass is 10.0. The van der Waals surface area contributed by atoms with Gasteiger partial charge in [0, 0.05) is 83.8 Å². The second-order valence-corrected chi connectivity index (χ2v) is 13.5. The van der Waals surface area contributed by atoms with E-state index in [1.807, 2.05) is 0 Å². The first-order valence-electron chi connectivity index (χ1n) is 14.5. The molecule has 0 bridgehead atoms. The van der Waals surface area contributed by atoms with Crippen molar-refractivity contribution in [2.75, 3.05) is 26.2 Å². The number of hydrogen-bond acceptors (Lipinski definition) is 9. The minimum Gasteiger partial charge on any atom is -0.483 e. The molecule has 1 aliphatic heterocycles. The molecule has 14 heteroatoms. The molecule has 1 aromatic carbocycles. The van der Waals surface area contributed by atoms with Crippen LogP contribution in [-0.4, -0.2) is 74.1 Å². The van der Waals surface area contributed by atoms with Gasteiger partial charge in [0.2, 0.25) is 13.3 Å². The summed E-state index contributed by atoms with van der Waals surface area (Å²) in [7, 11) is -3.12. The zero-order chi connectivity index (χ0) is 33.0. The van der Waals surface area contributed by atoms with Gasteiger partial charge in [-0.3, -0.25) is 23.9 Å². The highest BCUT2D eigenvalue weighted by Gasteiger charge is 2.38. The number of pyridine rings is 1. The van der Waals surface area contributed by atoms with E-state index in [0.29, 0.717) is 33.3 Å². The third kappa shape index (κ3) is 7.27. The Labute approximate surface area is 263 Å². The number of ketones is 2. The SMILES string of the molecule is CCOP(C)(=O)COc1cc2c(cc1-c1cncnc1)c(C(C)=O)cn2CC(=O)N1CC(=C(F)F)C[C@H]1C(=O)Cc1ccccn1. The van der Waals surface area contributed by atoms with Crippen LogP contribution in [0, 0.1) is 0 Å². The van der Waals surface area contributed by atoms with E-state index in [0.717, 1.165) is 4.90 Å². The molecule has 240 valence electrons. The molecular formula is C32H32F2N5O6P. The molecule has 3 aromatic heterocycles. The Hall–Kier alpha value is -4.61. The zero-order valence-electron chi connectivity index (χ0n) is 25.5. The molecule has 1 aliphatic rings. The number of aromatic nitrogens is 4. The molecule has 1 saturated heterocycles. The standard InChI is InChI=1S/C32H32F2N5O6P/c1-4-45-46(3,43)19-44-30-12-27-25(11-24(30)22-13-35-18-36-14-22)26(20(2)40)16-38(27)17-31(42)39-15-21(32(33)34)9-28(39)29(41)10-23-7-5-6-8-37-23/h5-8,11-14,16,18,28H,4,9-10,15,17,19H2,1-3H3/t28-,46?/m0/s1. The summed E-state index contributed by atoms with van der Waals surface area (Å²) in [6, 6.07) is 7.29. The lowest BCUT2D eigenvalue weighted by molar-refractivity contribution is -0.137. The van der Waals surface area contributed by atoms with Crippen LogP contribution in [-0.2, 0) is 31.6 Å². The second-order valence-electron chi connectivity index (χ2n) is 11.0. The fourth-order valence-corrected chi connectivity index (χ4v) is 6.45. The highest BCUT2D eigenvalue weighted by molar-refractivity contribution is 7.57. The number of rotatable bonds is 12.